The Kier molecular flexibility index (Phi) is 3.76. The highest BCUT2D eigenvalue weighted by Crippen LogP contribution is 2.41. The second-order valence-corrected chi connectivity index (χ2v) is 7.33. The van der Waals surface area contributed by atoms with Gasteiger partial charge in [-0.15, -0.1) is 11.3 Å². The molecule has 0 unspecified atom stereocenters. The zero-order valence-corrected chi connectivity index (χ0v) is 13.8. The van der Waals surface area contributed by atoms with Gasteiger partial charge in [0.05, 0.1) is 11.8 Å². The predicted octanol–water partition coefficient (Wildman–Crippen LogP) is 3.10. The third kappa shape index (κ3) is 2.83. The fraction of sp³-hybridized carbons (Fsp3) is 0.625. The van der Waals surface area contributed by atoms with E-state index in [1.165, 1.54) is 6.42 Å². The summed E-state index contributed by atoms with van der Waals surface area (Å²) in [4.78, 5) is 7.02. The van der Waals surface area contributed by atoms with Crippen LogP contribution in [0.5, 0.6) is 0 Å². The number of likely N-dealkylation sites (tertiary alicyclic amines) is 1. The SMILES string of the molecule is Cc1csc([C@H]2C[C@H]3CCN(Cc4cc(C)on4)C[C@@H]3O2)n1. The Labute approximate surface area is 134 Å². The molecule has 0 N–H and O–H groups in total. The van der Waals surface area contributed by atoms with Crippen LogP contribution in [-0.4, -0.2) is 34.2 Å². The maximum atomic E-state index is 6.30. The standard InChI is InChI=1S/C16H21N3O2S/c1-10-9-22-16(17-10)14-6-12-3-4-19(8-15(12)20-14)7-13-5-11(2)21-18-13/h5,9,12,14-15H,3-4,6-8H2,1-2H3/t12-,14-,15+/m1/s1. The quantitative estimate of drug-likeness (QED) is 0.870. The average Bonchev–Trinajstić information content (AvgIpc) is 3.18. The van der Waals surface area contributed by atoms with E-state index >= 15 is 0 Å². The lowest BCUT2D eigenvalue weighted by Gasteiger charge is -2.33. The Hall–Kier alpha value is -1.24. The first-order valence-corrected chi connectivity index (χ1v) is 8.77. The molecule has 2 aliphatic heterocycles. The highest BCUT2D eigenvalue weighted by atomic mass is 32.1. The number of piperidine rings is 1. The Bertz CT molecular complexity index is 653. The van der Waals surface area contributed by atoms with Gasteiger partial charge in [-0.2, -0.15) is 0 Å². The number of aromatic nitrogens is 2. The number of rotatable bonds is 3. The van der Waals surface area contributed by atoms with Crippen molar-refractivity contribution in [2.75, 3.05) is 13.1 Å². The molecule has 2 aromatic heterocycles. The van der Waals surface area contributed by atoms with Crippen LogP contribution in [-0.2, 0) is 11.3 Å². The molecule has 2 fully saturated rings. The molecule has 3 atom stereocenters. The summed E-state index contributed by atoms with van der Waals surface area (Å²) in [5.41, 5.74) is 2.11. The molecule has 2 aliphatic rings. The third-order valence-electron chi connectivity index (χ3n) is 4.61. The van der Waals surface area contributed by atoms with E-state index < -0.39 is 0 Å². The first-order valence-electron chi connectivity index (χ1n) is 7.89. The van der Waals surface area contributed by atoms with Gasteiger partial charge in [0.1, 0.15) is 16.9 Å². The Morgan fingerprint density at radius 3 is 3.05 bits per heavy atom. The summed E-state index contributed by atoms with van der Waals surface area (Å²) in [5, 5.41) is 7.35. The lowest BCUT2D eigenvalue weighted by molar-refractivity contribution is -0.00987. The number of thiazole rings is 1. The Balaban J connectivity index is 1.39. The maximum absolute atomic E-state index is 6.30. The summed E-state index contributed by atoms with van der Waals surface area (Å²) in [7, 11) is 0. The molecule has 118 valence electrons. The van der Waals surface area contributed by atoms with Crippen molar-refractivity contribution in [3.63, 3.8) is 0 Å². The molecule has 4 rings (SSSR count). The first kappa shape index (κ1) is 14.4. The van der Waals surface area contributed by atoms with E-state index in [0.717, 1.165) is 48.2 Å². The highest BCUT2D eigenvalue weighted by molar-refractivity contribution is 7.09. The Morgan fingerprint density at radius 2 is 2.32 bits per heavy atom. The largest absolute Gasteiger partial charge is 0.366 e. The second-order valence-electron chi connectivity index (χ2n) is 6.44. The average molecular weight is 319 g/mol. The van der Waals surface area contributed by atoms with Crippen LogP contribution >= 0.6 is 11.3 Å². The van der Waals surface area contributed by atoms with Crippen LogP contribution in [0.3, 0.4) is 0 Å². The van der Waals surface area contributed by atoms with Crippen LogP contribution < -0.4 is 0 Å². The lowest BCUT2D eigenvalue weighted by Crippen LogP contribution is -2.41. The van der Waals surface area contributed by atoms with Gasteiger partial charge in [0.15, 0.2) is 0 Å². The minimum Gasteiger partial charge on any atom is -0.366 e. The fourth-order valence-corrected chi connectivity index (χ4v) is 4.38. The van der Waals surface area contributed by atoms with Crippen LogP contribution in [0.25, 0.3) is 0 Å². The molecule has 0 aliphatic carbocycles. The first-order chi connectivity index (χ1) is 10.7. The van der Waals surface area contributed by atoms with Crippen LogP contribution in [0.2, 0.25) is 0 Å². The van der Waals surface area contributed by atoms with Gasteiger partial charge in [0.25, 0.3) is 0 Å². The summed E-state index contributed by atoms with van der Waals surface area (Å²) in [6.07, 6.45) is 2.84. The molecule has 0 spiro atoms. The number of ether oxygens (including phenoxy) is 1. The van der Waals surface area contributed by atoms with Crippen molar-refractivity contribution in [1.29, 1.82) is 0 Å². The van der Waals surface area contributed by atoms with Gasteiger partial charge in [-0.1, -0.05) is 5.16 Å². The van der Waals surface area contributed by atoms with Gasteiger partial charge < -0.3 is 9.26 Å². The molecule has 2 saturated heterocycles. The van der Waals surface area contributed by atoms with Crippen molar-refractivity contribution in [2.45, 2.75) is 45.4 Å². The van der Waals surface area contributed by atoms with Gasteiger partial charge in [-0.25, -0.2) is 4.98 Å². The number of nitrogens with zero attached hydrogens (tertiary/aromatic N) is 3. The summed E-state index contributed by atoms with van der Waals surface area (Å²) < 4.78 is 11.5. The predicted molar refractivity (Wildman–Crippen MR) is 83.7 cm³/mol. The van der Waals surface area contributed by atoms with Gasteiger partial charge in [-0.05, 0) is 39.2 Å². The van der Waals surface area contributed by atoms with Crippen LogP contribution in [0, 0.1) is 19.8 Å². The number of hydrogen-bond donors (Lipinski definition) is 0. The van der Waals surface area contributed by atoms with E-state index in [4.69, 9.17) is 9.26 Å². The van der Waals surface area contributed by atoms with E-state index in [9.17, 15) is 0 Å². The second kappa shape index (κ2) is 5.76. The molecule has 2 aromatic rings. The van der Waals surface area contributed by atoms with E-state index in [0.29, 0.717) is 12.0 Å². The van der Waals surface area contributed by atoms with Crippen molar-refractivity contribution in [3.8, 4) is 0 Å². The monoisotopic (exact) mass is 319 g/mol. The van der Waals surface area contributed by atoms with Gasteiger partial charge >= 0.3 is 0 Å². The molecule has 0 bridgehead atoms. The molecule has 0 amide bonds. The number of hydrogen-bond acceptors (Lipinski definition) is 6. The molecule has 4 heterocycles. The topological polar surface area (TPSA) is 51.4 Å². The van der Waals surface area contributed by atoms with Gasteiger partial charge in [0.2, 0.25) is 0 Å². The third-order valence-corrected chi connectivity index (χ3v) is 5.67. The van der Waals surface area contributed by atoms with E-state index in [2.05, 4.69) is 20.4 Å². The van der Waals surface area contributed by atoms with E-state index in [-0.39, 0.29) is 6.10 Å². The van der Waals surface area contributed by atoms with Crippen LogP contribution in [0.15, 0.2) is 16.0 Å². The van der Waals surface area contributed by atoms with E-state index in [1.54, 1.807) is 11.3 Å². The van der Waals surface area contributed by atoms with Gasteiger partial charge in [-0.3, -0.25) is 4.90 Å². The van der Waals surface area contributed by atoms with Crippen LogP contribution in [0.4, 0.5) is 0 Å². The maximum Gasteiger partial charge on any atom is 0.133 e. The molecule has 6 heteroatoms. The molecule has 0 saturated carbocycles. The van der Waals surface area contributed by atoms with Crippen LogP contribution in [0.1, 0.15) is 41.1 Å². The normalized spacial score (nSPS) is 28.9. The summed E-state index contributed by atoms with van der Waals surface area (Å²) in [6.45, 7) is 6.93. The molecular weight excluding hydrogens is 298 g/mol. The molecule has 22 heavy (non-hydrogen) atoms. The minimum absolute atomic E-state index is 0.197. The number of aryl methyl sites for hydroxylation is 2. The van der Waals surface area contributed by atoms with Crippen molar-refractivity contribution in [3.05, 3.63) is 33.6 Å². The molecule has 0 aromatic carbocycles. The zero-order valence-electron chi connectivity index (χ0n) is 13.0. The fourth-order valence-electron chi connectivity index (χ4n) is 3.54. The minimum atomic E-state index is 0.197. The zero-order chi connectivity index (χ0) is 15.1. The van der Waals surface area contributed by atoms with Crippen molar-refractivity contribution < 1.29 is 9.26 Å². The summed E-state index contributed by atoms with van der Waals surface area (Å²) >= 11 is 1.73. The smallest absolute Gasteiger partial charge is 0.133 e. The summed E-state index contributed by atoms with van der Waals surface area (Å²) in [5.74, 6) is 1.55. The lowest BCUT2D eigenvalue weighted by atomic mass is 9.92. The van der Waals surface area contributed by atoms with E-state index in [1.807, 2.05) is 19.9 Å². The van der Waals surface area contributed by atoms with Crippen molar-refractivity contribution in [1.82, 2.24) is 15.0 Å². The number of fused-ring (bicyclic) bond motifs is 1. The van der Waals surface area contributed by atoms with Gasteiger partial charge in [0, 0.05) is 30.2 Å². The molecule has 0 radical (unpaired) electrons. The summed E-state index contributed by atoms with van der Waals surface area (Å²) in [6, 6.07) is 2.02. The van der Waals surface area contributed by atoms with Crippen molar-refractivity contribution in [2.24, 2.45) is 5.92 Å². The molecular formula is C16H21N3O2S. The van der Waals surface area contributed by atoms with Crippen molar-refractivity contribution >= 4 is 11.3 Å². The Morgan fingerprint density at radius 1 is 1.41 bits per heavy atom. The highest BCUT2D eigenvalue weighted by Gasteiger charge is 2.40. The molecule has 5 nitrogen and oxygen atoms in total.